The van der Waals surface area contributed by atoms with Crippen molar-refractivity contribution in [3.63, 3.8) is 0 Å². The molecule has 1 aliphatic rings. The van der Waals surface area contributed by atoms with Crippen molar-refractivity contribution in [3.8, 4) is 0 Å². The van der Waals surface area contributed by atoms with Crippen molar-refractivity contribution in [1.82, 2.24) is 10.2 Å². The van der Waals surface area contributed by atoms with Crippen molar-refractivity contribution in [2.24, 2.45) is 0 Å². The average Bonchev–Trinajstić information content (AvgIpc) is 2.46. The third kappa shape index (κ3) is 4.63. The molecule has 1 aromatic rings. The molecule has 0 aliphatic carbocycles. The van der Waals surface area contributed by atoms with Gasteiger partial charge < -0.3 is 10.2 Å². The van der Waals surface area contributed by atoms with Crippen LogP contribution in [0.2, 0.25) is 0 Å². The van der Waals surface area contributed by atoms with Crippen molar-refractivity contribution < 1.29 is 9.18 Å². The Morgan fingerprint density at radius 3 is 2.53 bits per heavy atom. The highest BCUT2D eigenvalue weighted by atomic mass is 19.1. The first-order chi connectivity index (χ1) is 9.25. The van der Waals surface area contributed by atoms with E-state index in [1.165, 1.54) is 12.1 Å². The number of benzene rings is 1. The van der Waals surface area contributed by atoms with Gasteiger partial charge in [-0.15, -0.1) is 0 Å². The Balaban J connectivity index is 1.63. The molecular formula is C15H21FN2O. The second-order valence-electron chi connectivity index (χ2n) is 4.96. The topological polar surface area (TPSA) is 32.3 Å². The van der Waals surface area contributed by atoms with Crippen LogP contribution in [0.15, 0.2) is 24.3 Å². The zero-order valence-corrected chi connectivity index (χ0v) is 11.2. The maximum atomic E-state index is 12.7. The number of aryl methyl sites for hydroxylation is 1. The number of amides is 1. The summed E-state index contributed by atoms with van der Waals surface area (Å²) in [4.78, 5) is 13.8. The lowest BCUT2D eigenvalue weighted by molar-refractivity contribution is -0.131. The van der Waals surface area contributed by atoms with Crippen LogP contribution in [0.3, 0.4) is 0 Å². The number of carbonyl (C=O) groups excluding carboxylic acids is 1. The summed E-state index contributed by atoms with van der Waals surface area (Å²) < 4.78 is 12.7. The highest BCUT2D eigenvalue weighted by Crippen LogP contribution is 2.09. The molecule has 0 aromatic heterocycles. The third-order valence-electron chi connectivity index (χ3n) is 3.49. The summed E-state index contributed by atoms with van der Waals surface area (Å²) in [5.74, 6) is 0.0678. The van der Waals surface area contributed by atoms with Crippen LogP contribution in [-0.4, -0.2) is 37.0 Å². The number of hydrogen-bond donors (Lipinski definition) is 1. The van der Waals surface area contributed by atoms with Gasteiger partial charge in [-0.05, 0) is 37.0 Å². The number of carbonyl (C=O) groups is 1. The quantitative estimate of drug-likeness (QED) is 0.825. The SMILES string of the molecule is O=C(CCCCc1ccc(F)cc1)N1CCNCC1. The summed E-state index contributed by atoms with van der Waals surface area (Å²) in [6.07, 6.45) is 3.42. The van der Waals surface area contributed by atoms with Gasteiger partial charge >= 0.3 is 0 Å². The molecule has 0 spiro atoms. The first-order valence-corrected chi connectivity index (χ1v) is 6.98. The summed E-state index contributed by atoms with van der Waals surface area (Å²) in [5, 5.41) is 3.24. The van der Waals surface area contributed by atoms with Crippen molar-refractivity contribution >= 4 is 5.91 Å². The fraction of sp³-hybridized carbons (Fsp3) is 0.533. The van der Waals surface area contributed by atoms with Crippen LogP contribution < -0.4 is 5.32 Å². The Labute approximate surface area is 113 Å². The van der Waals surface area contributed by atoms with Gasteiger partial charge in [0, 0.05) is 32.6 Å². The number of rotatable bonds is 5. The Morgan fingerprint density at radius 2 is 1.84 bits per heavy atom. The van der Waals surface area contributed by atoms with Crippen LogP contribution in [0, 0.1) is 5.82 Å². The molecule has 0 radical (unpaired) electrons. The second-order valence-corrected chi connectivity index (χ2v) is 4.96. The van der Waals surface area contributed by atoms with E-state index in [9.17, 15) is 9.18 Å². The standard InChI is InChI=1S/C15H21FN2O/c16-14-7-5-13(6-8-14)3-1-2-4-15(19)18-11-9-17-10-12-18/h5-8,17H,1-4,9-12H2. The fourth-order valence-corrected chi connectivity index (χ4v) is 2.33. The van der Waals surface area contributed by atoms with E-state index >= 15 is 0 Å². The van der Waals surface area contributed by atoms with Gasteiger partial charge in [0.05, 0.1) is 0 Å². The maximum Gasteiger partial charge on any atom is 0.222 e. The highest BCUT2D eigenvalue weighted by Gasteiger charge is 2.15. The minimum Gasteiger partial charge on any atom is -0.340 e. The molecule has 1 N–H and O–H groups in total. The third-order valence-corrected chi connectivity index (χ3v) is 3.49. The number of halogens is 1. The molecule has 4 heteroatoms. The summed E-state index contributed by atoms with van der Waals surface area (Å²) >= 11 is 0. The monoisotopic (exact) mass is 264 g/mol. The molecule has 1 aromatic carbocycles. The molecule has 1 amide bonds. The molecule has 1 fully saturated rings. The predicted octanol–water partition coefficient (Wildman–Crippen LogP) is 1.97. The molecule has 0 atom stereocenters. The minimum atomic E-state index is -0.197. The molecule has 3 nitrogen and oxygen atoms in total. The van der Waals surface area contributed by atoms with E-state index in [1.807, 2.05) is 17.0 Å². The van der Waals surface area contributed by atoms with Crippen molar-refractivity contribution in [2.75, 3.05) is 26.2 Å². The molecule has 19 heavy (non-hydrogen) atoms. The number of nitrogens with one attached hydrogen (secondary N) is 1. The lowest BCUT2D eigenvalue weighted by Gasteiger charge is -2.27. The van der Waals surface area contributed by atoms with Crippen molar-refractivity contribution in [3.05, 3.63) is 35.6 Å². The average molecular weight is 264 g/mol. The number of hydrogen-bond acceptors (Lipinski definition) is 2. The van der Waals surface area contributed by atoms with E-state index in [0.29, 0.717) is 6.42 Å². The van der Waals surface area contributed by atoms with Crippen LogP contribution in [0.4, 0.5) is 4.39 Å². The van der Waals surface area contributed by atoms with E-state index < -0.39 is 0 Å². The van der Waals surface area contributed by atoms with E-state index in [1.54, 1.807) is 0 Å². The van der Waals surface area contributed by atoms with Crippen molar-refractivity contribution in [2.45, 2.75) is 25.7 Å². The molecule has 0 bridgehead atoms. The summed E-state index contributed by atoms with van der Waals surface area (Å²) in [6, 6.07) is 6.60. The molecular weight excluding hydrogens is 243 g/mol. The molecule has 0 unspecified atom stereocenters. The minimum absolute atomic E-state index is 0.197. The maximum absolute atomic E-state index is 12.7. The first kappa shape index (κ1) is 14.0. The molecule has 1 aliphatic heterocycles. The Hall–Kier alpha value is -1.42. The highest BCUT2D eigenvalue weighted by molar-refractivity contribution is 5.76. The van der Waals surface area contributed by atoms with Gasteiger partial charge in [0.15, 0.2) is 0 Å². The smallest absolute Gasteiger partial charge is 0.222 e. The van der Waals surface area contributed by atoms with Gasteiger partial charge in [-0.3, -0.25) is 4.79 Å². The Kier molecular flexibility index (Phi) is 5.33. The summed E-state index contributed by atoms with van der Waals surface area (Å²) in [6.45, 7) is 3.47. The van der Waals surface area contributed by atoms with Gasteiger partial charge in [-0.1, -0.05) is 12.1 Å². The van der Waals surface area contributed by atoms with Crippen LogP contribution in [0.1, 0.15) is 24.8 Å². The summed E-state index contributed by atoms with van der Waals surface area (Å²) in [7, 11) is 0. The van der Waals surface area contributed by atoms with Crippen LogP contribution in [0.25, 0.3) is 0 Å². The van der Waals surface area contributed by atoms with E-state index in [4.69, 9.17) is 0 Å². The molecule has 104 valence electrons. The first-order valence-electron chi connectivity index (χ1n) is 6.98. The predicted molar refractivity (Wildman–Crippen MR) is 73.4 cm³/mol. The lowest BCUT2D eigenvalue weighted by atomic mass is 10.1. The van der Waals surface area contributed by atoms with Gasteiger partial charge in [-0.25, -0.2) is 4.39 Å². The fourth-order valence-electron chi connectivity index (χ4n) is 2.33. The normalized spacial score (nSPS) is 15.5. The van der Waals surface area contributed by atoms with Crippen molar-refractivity contribution in [1.29, 1.82) is 0 Å². The molecule has 2 rings (SSSR count). The Bertz CT molecular complexity index is 399. The van der Waals surface area contributed by atoms with Gasteiger partial charge in [-0.2, -0.15) is 0 Å². The molecule has 0 saturated carbocycles. The van der Waals surface area contributed by atoms with Gasteiger partial charge in [0.1, 0.15) is 5.82 Å². The Morgan fingerprint density at radius 1 is 1.16 bits per heavy atom. The molecule has 1 heterocycles. The number of nitrogens with zero attached hydrogens (tertiary/aromatic N) is 1. The van der Waals surface area contributed by atoms with Gasteiger partial charge in [0.2, 0.25) is 5.91 Å². The number of piperazine rings is 1. The second kappa shape index (κ2) is 7.24. The van der Waals surface area contributed by atoms with E-state index in [2.05, 4.69) is 5.32 Å². The van der Waals surface area contributed by atoms with Crippen LogP contribution in [0.5, 0.6) is 0 Å². The zero-order valence-electron chi connectivity index (χ0n) is 11.2. The zero-order chi connectivity index (χ0) is 13.5. The molecule has 1 saturated heterocycles. The van der Waals surface area contributed by atoms with Gasteiger partial charge in [0.25, 0.3) is 0 Å². The lowest BCUT2D eigenvalue weighted by Crippen LogP contribution is -2.46. The van der Waals surface area contributed by atoms with E-state index in [-0.39, 0.29) is 11.7 Å². The van der Waals surface area contributed by atoms with Crippen LogP contribution >= 0.6 is 0 Å². The largest absolute Gasteiger partial charge is 0.340 e. The van der Waals surface area contributed by atoms with E-state index in [0.717, 1.165) is 51.0 Å². The summed E-state index contributed by atoms with van der Waals surface area (Å²) in [5.41, 5.74) is 1.14. The van der Waals surface area contributed by atoms with Crippen LogP contribution in [-0.2, 0) is 11.2 Å². The number of unbranched alkanes of at least 4 members (excludes halogenated alkanes) is 1.